The topological polar surface area (TPSA) is 96.0 Å². The minimum Gasteiger partial charge on any atom is -0.497 e. The minimum absolute atomic E-state index is 0.00498. The van der Waals surface area contributed by atoms with Crippen molar-refractivity contribution in [3.8, 4) is 5.75 Å². The van der Waals surface area contributed by atoms with E-state index < -0.39 is 28.5 Å². The van der Waals surface area contributed by atoms with Crippen molar-refractivity contribution < 1.29 is 22.7 Å². The zero-order chi connectivity index (χ0) is 29.3. The van der Waals surface area contributed by atoms with Crippen molar-refractivity contribution in [2.24, 2.45) is 5.92 Å². The van der Waals surface area contributed by atoms with Gasteiger partial charge in [0.15, 0.2) is 0 Å². The van der Waals surface area contributed by atoms with E-state index in [0.717, 1.165) is 9.87 Å². The molecule has 1 N–H and O–H groups in total. The number of halogens is 1. The molecule has 3 aromatic carbocycles. The zero-order valence-electron chi connectivity index (χ0n) is 23.2. The highest BCUT2D eigenvalue weighted by Gasteiger charge is 2.33. The smallest absolute Gasteiger partial charge is 0.264 e. The van der Waals surface area contributed by atoms with Gasteiger partial charge in [-0.25, -0.2) is 8.42 Å². The molecule has 0 radical (unpaired) electrons. The molecule has 8 nitrogen and oxygen atoms in total. The van der Waals surface area contributed by atoms with Crippen LogP contribution in [0.1, 0.15) is 32.8 Å². The van der Waals surface area contributed by atoms with Crippen LogP contribution >= 0.6 is 11.6 Å². The monoisotopic (exact) mass is 585 g/mol. The Labute approximate surface area is 241 Å². The summed E-state index contributed by atoms with van der Waals surface area (Å²) in [5, 5.41) is 3.31. The Hall–Kier alpha value is -3.56. The van der Waals surface area contributed by atoms with E-state index in [0.29, 0.717) is 29.4 Å². The first-order chi connectivity index (χ1) is 19.1. The van der Waals surface area contributed by atoms with Crippen LogP contribution in [0, 0.1) is 5.92 Å². The fourth-order valence-corrected chi connectivity index (χ4v) is 5.71. The van der Waals surface area contributed by atoms with Gasteiger partial charge in [0.05, 0.1) is 17.7 Å². The summed E-state index contributed by atoms with van der Waals surface area (Å²) in [4.78, 5) is 28.8. The lowest BCUT2D eigenvalue weighted by Crippen LogP contribution is -2.52. The molecule has 0 aliphatic rings. The van der Waals surface area contributed by atoms with E-state index in [1.807, 2.05) is 26.8 Å². The summed E-state index contributed by atoms with van der Waals surface area (Å²) in [6.07, 6.45) is 0.342. The van der Waals surface area contributed by atoms with E-state index in [-0.39, 0.29) is 23.3 Å². The van der Waals surface area contributed by atoms with E-state index in [1.165, 1.54) is 29.2 Å². The van der Waals surface area contributed by atoms with Crippen molar-refractivity contribution in [3.05, 3.63) is 89.4 Å². The molecule has 0 saturated heterocycles. The Bertz CT molecular complexity index is 1380. The zero-order valence-corrected chi connectivity index (χ0v) is 24.8. The molecule has 10 heteroatoms. The van der Waals surface area contributed by atoms with Crippen molar-refractivity contribution >= 4 is 39.1 Å². The molecule has 3 rings (SSSR count). The number of carbonyl (C=O) groups is 2. The third-order valence-corrected chi connectivity index (χ3v) is 8.32. The van der Waals surface area contributed by atoms with E-state index >= 15 is 0 Å². The second-order valence-corrected chi connectivity index (χ2v) is 12.0. The lowest BCUT2D eigenvalue weighted by atomic mass is 10.1. The Morgan fingerprint density at radius 2 is 1.65 bits per heavy atom. The van der Waals surface area contributed by atoms with Crippen LogP contribution < -0.4 is 14.4 Å². The van der Waals surface area contributed by atoms with Crippen LogP contribution in [0.5, 0.6) is 5.75 Å². The highest BCUT2D eigenvalue weighted by Crippen LogP contribution is 2.26. The van der Waals surface area contributed by atoms with Crippen molar-refractivity contribution in [1.29, 1.82) is 0 Å². The van der Waals surface area contributed by atoms with Crippen LogP contribution in [0.25, 0.3) is 0 Å². The van der Waals surface area contributed by atoms with Crippen molar-refractivity contribution in [2.45, 2.75) is 44.7 Å². The number of nitrogens with zero attached hydrogens (tertiary/aromatic N) is 2. The first-order valence-corrected chi connectivity index (χ1v) is 14.9. The largest absolute Gasteiger partial charge is 0.497 e. The molecule has 0 bridgehead atoms. The summed E-state index contributed by atoms with van der Waals surface area (Å²) in [6, 6.07) is 20.6. The fraction of sp³-hybridized carbons (Fsp3) is 0.333. The normalized spacial score (nSPS) is 12.1. The summed E-state index contributed by atoms with van der Waals surface area (Å²) in [6.45, 7) is 5.84. The quantitative estimate of drug-likeness (QED) is 0.300. The van der Waals surface area contributed by atoms with E-state index in [9.17, 15) is 18.0 Å². The molecule has 0 saturated carbocycles. The predicted molar refractivity (Wildman–Crippen MR) is 158 cm³/mol. The van der Waals surface area contributed by atoms with Crippen LogP contribution in [0.3, 0.4) is 0 Å². The van der Waals surface area contributed by atoms with Crippen molar-refractivity contribution in [1.82, 2.24) is 10.2 Å². The van der Waals surface area contributed by atoms with E-state index in [2.05, 4.69) is 5.32 Å². The highest BCUT2D eigenvalue weighted by atomic mass is 35.5. The number of hydrogen-bond donors (Lipinski definition) is 1. The number of anilines is 1. The molecular formula is C30H36ClN3O5S. The number of para-hydroxylation sites is 1. The fourth-order valence-electron chi connectivity index (χ4n) is 4.17. The Balaban J connectivity index is 2.03. The van der Waals surface area contributed by atoms with Crippen molar-refractivity contribution in [2.75, 3.05) is 24.5 Å². The average molecular weight is 586 g/mol. The summed E-state index contributed by atoms with van der Waals surface area (Å²) in [7, 11) is -2.60. The maximum absolute atomic E-state index is 14.0. The van der Waals surface area contributed by atoms with Crippen LogP contribution in [-0.2, 0) is 26.2 Å². The summed E-state index contributed by atoms with van der Waals surface area (Å²) >= 11 is 5.99. The minimum atomic E-state index is -4.15. The lowest BCUT2D eigenvalue weighted by molar-refractivity contribution is -0.140. The van der Waals surface area contributed by atoms with Crippen LogP contribution in [0.2, 0.25) is 5.02 Å². The number of nitrogens with one attached hydrogen (secondary N) is 1. The van der Waals surface area contributed by atoms with Crippen LogP contribution in [0.4, 0.5) is 5.69 Å². The Kier molecular flexibility index (Phi) is 11.0. The molecule has 3 aromatic rings. The second-order valence-electron chi connectivity index (χ2n) is 9.74. The second kappa shape index (κ2) is 14.2. The molecule has 0 aliphatic carbocycles. The van der Waals surface area contributed by atoms with E-state index in [4.69, 9.17) is 16.3 Å². The number of ether oxygens (including phenoxy) is 1. The molecule has 0 aromatic heterocycles. The molecule has 0 spiro atoms. The lowest BCUT2D eigenvalue weighted by Gasteiger charge is -2.33. The number of methoxy groups -OCH3 is 1. The van der Waals surface area contributed by atoms with E-state index in [1.54, 1.807) is 55.6 Å². The standard InChI is InChI=1S/C30H36ClN3O5S/c1-5-28(30(36)32-19-22(2)3)33(20-23-10-9-13-26(18-23)39-4)29(35)21-34(25-11-7-6-8-12-25)40(37,38)27-16-14-24(31)15-17-27/h6-18,22,28H,5,19-21H2,1-4H3,(H,32,36)/t28-/m1/s1. The van der Waals surface area contributed by atoms with Gasteiger partial charge in [0.25, 0.3) is 10.0 Å². The number of sulfonamides is 1. The number of benzene rings is 3. The first kappa shape index (κ1) is 31.0. The first-order valence-electron chi connectivity index (χ1n) is 13.1. The molecule has 214 valence electrons. The number of hydrogen-bond acceptors (Lipinski definition) is 5. The third kappa shape index (κ3) is 7.99. The van der Waals surface area contributed by atoms with Crippen LogP contribution in [0.15, 0.2) is 83.8 Å². The number of amides is 2. The molecule has 0 fully saturated rings. The molecule has 0 unspecified atom stereocenters. The predicted octanol–water partition coefficient (Wildman–Crippen LogP) is 5.12. The van der Waals surface area contributed by atoms with Gasteiger partial charge in [0.2, 0.25) is 11.8 Å². The summed E-state index contributed by atoms with van der Waals surface area (Å²) < 4.78 is 34.0. The van der Waals surface area contributed by atoms with Gasteiger partial charge in [-0.2, -0.15) is 0 Å². The Morgan fingerprint density at radius 1 is 0.975 bits per heavy atom. The molecular weight excluding hydrogens is 550 g/mol. The third-order valence-electron chi connectivity index (χ3n) is 6.28. The molecule has 40 heavy (non-hydrogen) atoms. The van der Waals surface area contributed by atoms with Gasteiger partial charge in [-0.1, -0.05) is 62.7 Å². The average Bonchev–Trinajstić information content (AvgIpc) is 2.95. The van der Waals surface area contributed by atoms with Gasteiger partial charge < -0.3 is 15.0 Å². The van der Waals surface area contributed by atoms with Crippen LogP contribution in [-0.4, -0.2) is 51.4 Å². The van der Waals surface area contributed by atoms with Gasteiger partial charge in [0, 0.05) is 18.1 Å². The number of carbonyl (C=O) groups excluding carboxylic acids is 2. The number of rotatable bonds is 13. The molecule has 2 amide bonds. The van der Waals surface area contributed by atoms with Crippen molar-refractivity contribution in [3.63, 3.8) is 0 Å². The highest BCUT2D eigenvalue weighted by molar-refractivity contribution is 7.92. The molecule has 1 atom stereocenters. The molecule has 0 heterocycles. The maximum atomic E-state index is 14.0. The maximum Gasteiger partial charge on any atom is 0.264 e. The SMILES string of the molecule is CC[C@H](C(=O)NCC(C)C)N(Cc1cccc(OC)c1)C(=O)CN(c1ccccc1)S(=O)(=O)c1ccc(Cl)cc1. The van der Waals surface area contributed by atoms with Gasteiger partial charge >= 0.3 is 0 Å². The Morgan fingerprint density at radius 3 is 2.25 bits per heavy atom. The van der Waals surface area contributed by atoms with Gasteiger partial charge in [-0.15, -0.1) is 0 Å². The summed E-state index contributed by atoms with van der Waals surface area (Å²) in [5.41, 5.74) is 1.07. The van der Waals surface area contributed by atoms with Gasteiger partial charge in [0.1, 0.15) is 18.3 Å². The summed E-state index contributed by atoms with van der Waals surface area (Å²) in [5.74, 6) is 0.0237. The van der Waals surface area contributed by atoms with Gasteiger partial charge in [-0.05, 0) is 66.4 Å². The van der Waals surface area contributed by atoms with Gasteiger partial charge in [-0.3, -0.25) is 13.9 Å². The molecule has 0 aliphatic heterocycles.